The van der Waals surface area contributed by atoms with E-state index in [1.54, 1.807) is 0 Å². The van der Waals surface area contributed by atoms with Crippen LogP contribution in [0, 0.1) is 6.92 Å². The van der Waals surface area contributed by atoms with Crippen LogP contribution in [0.15, 0.2) is 24.4 Å². The van der Waals surface area contributed by atoms with Crippen LogP contribution < -0.4 is 0 Å². The molecule has 0 aliphatic heterocycles. The minimum Gasteiger partial charge on any atom is -0.278 e. The van der Waals surface area contributed by atoms with E-state index in [0.717, 1.165) is 5.52 Å². The van der Waals surface area contributed by atoms with E-state index in [1.165, 1.54) is 17.8 Å². The van der Waals surface area contributed by atoms with Crippen LogP contribution in [0.5, 0.6) is 0 Å². The first-order valence-electron chi connectivity index (χ1n) is 3.84. The van der Waals surface area contributed by atoms with Crippen molar-refractivity contribution in [1.29, 1.82) is 0 Å². The molecule has 2 nitrogen and oxygen atoms in total. The number of aryl methyl sites for hydroxylation is 1. The molecule has 2 radical (unpaired) electrons. The molecule has 0 bridgehead atoms. The predicted molar refractivity (Wildman–Crippen MR) is 52.4 cm³/mol. The normalized spacial score (nSPS) is 9.17. The van der Waals surface area contributed by atoms with Gasteiger partial charge >= 0.3 is 0 Å². The van der Waals surface area contributed by atoms with Gasteiger partial charge in [0.05, 0.1) is 19.6 Å². The number of fused-ring (bicyclic) bond motifs is 1. The quantitative estimate of drug-likeness (QED) is 0.584. The smallest absolute Gasteiger partial charge is 0.0652 e. The van der Waals surface area contributed by atoms with Crippen molar-refractivity contribution in [1.82, 2.24) is 10.2 Å². The van der Waals surface area contributed by atoms with Crippen molar-refractivity contribution in [3.63, 3.8) is 0 Å². The largest absolute Gasteiger partial charge is 0.278 e. The Hall–Kier alpha value is -1.25. The van der Waals surface area contributed by atoms with Crippen molar-refractivity contribution in [3.05, 3.63) is 30.0 Å². The van der Waals surface area contributed by atoms with Gasteiger partial charge in [0.2, 0.25) is 0 Å². The lowest BCUT2D eigenvalue weighted by molar-refractivity contribution is 1.12. The van der Waals surface area contributed by atoms with Crippen molar-refractivity contribution in [2.75, 3.05) is 0 Å². The Kier molecular flexibility index (Phi) is 2.91. The summed E-state index contributed by atoms with van der Waals surface area (Å²) >= 11 is 0. The molecule has 12 heavy (non-hydrogen) atoms. The number of rotatable bonds is 0. The Labute approximate surface area is 73.4 Å². The topological polar surface area (TPSA) is 28.7 Å². The number of benzene rings is 1. The van der Waals surface area contributed by atoms with Crippen molar-refractivity contribution in [3.8, 4) is 0 Å². The minimum atomic E-state index is 1.11. The van der Waals surface area contributed by atoms with Gasteiger partial charge in [-0.25, -0.2) is 0 Å². The molecule has 0 aliphatic carbocycles. The number of hydrogen-bond acceptors (Lipinski definition) is 1. The van der Waals surface area contributed by atoms with E-state index in [2.05, 4.69) is 31.0 Å². The van der Waals surface area contributed by atoms with Crippen molar-refractivity contribution in [2.45, 2.75) is 13.7 Å². The summed E-state index contributed by atoms with van der Waals surface area (Å²) in [4.78, 5) is 0. The first kappa shape index (κ1) is 8.85. The van der Waals surface area contributed by atoms with Crippen LogP contribution in [0.3, 0.4) is 0 Å². The van der Waals surface area contributed by atoms with Gasteiger partial charge in [0.1, 0.15) is 0 Å². The zero-order valence-electron chi connectivity index (χ0n) is 7.33. The molecule has 2 rings (SSSR count). The second-order valence-corrected chi connectivity index (χ2v) is 2.41. The third kappa shape index (κ3) is 1.50. The summed E-state index contributed by atoms with van der Waals surface area (Å²) in [5.74, 6) is 0. The van der Waals surface area contributed by atoms with Crippen LogP contribution >= 0.6 is 0 Å². The zero-order chi connectivity index (χ0) is 8.97. The molecule has 0 unspecified atom stereocenters. The molecule has 0 aliphatic rings. The Morgan fingerprint density at radius 3 is 2.75 bits per heavy atom. The van der Waals surface area contributed by atoms with Gasteiger partial charge < -0.3 is 0 Å². The highest BCUT2D eigenvalue weighted by molar-refractivity contribution is 6.05. The van der Waals surface area contributed by atoms with Gasteiger partial charge in [0, 0.05) is 5.39 Å². The molecule has 0 fully saturated rings. The van der Waals surface area contributed by atoms with Gasteiger partial charge in [-0.3, -0.25) is 5.10 Å². The summed E-state index contributed by atoms with van der Waals surface area (Å²) in [5.41, 5.74) is 2.38. The molecule has 1 heterocycles. The molecule has 0 amide bonds. The molecule has 0 spiro atoms. The summed E-state index contributed by atoms with van der Waals surface area (Å²) in [6, 6.07) is 6.13. The maximum absolute atomic E-state index is 4.50. The summed E-state index contributed by atoms with van der Waals surface area (Å²) in [5, 5.41) is 8.06. The summed E-state index contributed by atoms with van der Waals surface area (Å²) < 4.78 is 0. The maximum atomic E-state index is 4.50. The average molecular weight is 158 g/mol. The van der Waals surface area contributed by atoms with Gasteiger partial charge in [0.15, 0.2) is 0 Å². The van der Waals surface area contributed by atoms with Gasteiger partial charge in [0.25, 0.3) is 0 Å². The number of hydrogen-bond donors (Lipinski definition) is 1. The summed E-state index contributed by atoms with van der Waals surface area (Å²) in [6.07, 6.45) is 1.85. The van der Waals surface area contributed by atoms with E-state index >= 15 is 0 Å². The van der Waals surface area contributed by atoms with E-state index in [-0.39, 0.29) is 0 Å². The second-order valence-electron chi connectivity index (χ2n) is 2.41. The van der Waals surface area contributed by atoms with Crippen molar-refractivity contribution >= 4 is 18.7 Å². The molecule has 1 aromatic carbocycles. The lowest BCUT2D eigenvalue weighted by Crippen LogP contribution is -1.71. The van der Waals surface area contributed by atoms with Crippen LogP contribution in [0.2, 0.25) is 6.82 Å². The number of nitrogens with one attached hydrogen (secondary N) is 1. The minimum absolute atomic E-state index is 1.11. The van der Waals surface area contributed by atoms with Gasteiger partial charge in [-0.15, -0.1) is 0 Å². The summed E-state index contributed by atoms with van der Waals surface area (Å²) in [7, 11) is 4.50. The fourth-order valence-electron chi connectivity index (χ4n) is 1.12. The van der Waals surface area contributed by atoms with Gasteiger partial charge in [-0.2, -0.15) is 5.10 Å². The van der Waals surface area contributed by atoms with E-state index in [1.807, 2.05) is 18.3 Å². The molecule has 1 aromatic heterocycles. The first-order chi connectivity index (χ1) is 5.88. The number of H-pyrrole nitrogens is 1. The third-order valence-corrected chi connectivity index (χ3v) is 1.70. The molecule has 60 valence electrons. The molecule has 1 N–H and O–H groups in total. The molecule has 0 saturated carbocycles. The number of aromatic amines is 1. The van der Waals surface area contributed by atoms with Crippen LogP contribution in [0.25, 0.3) is 10.9 Å². The molecular formula is C9H11BN2. The SMILES string of the molecule is Cc1cccc2[nH]ncc12.[B]C. The predicted octanol–water partition coefficient (Wildman–Crippen LogP) is 2.07. The highest BCUT2D eigenvalue weighted by Gasteiger charge is 1.94. The van der Waals surface area contributed by atoms with E-state index in [0.29, 0.717) is 0 Å². The molecule has 2 aromatic rings. The van der Waals surface area contributed by atoms with Gasteiger partial charge in [-0.05, 0) is 18.6 Å². The van der Waals surface area contributed by atoms with Gasteiger partial charge in [-0.1, -0.05) is 19.0 Å². The Bertz CT molecular complexity index is 354. The highest BCUT2D eigenvalue weighted by Crippen LogP contribution is 2.13. The molecule has 0 saturated heterocycles. The number of nitrogens with zero attached hydrogens (tertiary/aromatic N) is 1. The Morgan fingerprint density at radius 2 is 2.08 bits per heavy atom. The monoisotopic (exact) mass is 158 g/mol. The Morgan fingerprint density at radius 1 is 1.33 bits per heavy atom. The Balaban J connectivity index is 0.000000336. The van der Waals surface area contributed by atoms with E-state index < -0.39 is 0 Å². The van der Waals surface area contributed by atoms with Crippen LogP contribution in [-0.2, 0) is 0 Å². The molecule has 3 heteroatoms. The van der Waals surface area contributed by atoms with E-state index in [9.17, 15) is 0 Å². The lowest BCUT2D eigenvalue weighted by Gasteiger charge is -1.90. The van der Waals surface area contributed by atoms with Crippen LogP contribution in [0.4, 0.5) is 0 Å². The fourth-order valence-corrected chi connectivity index (χ4v) is 1.12. The maximum Gasteiger partial charge on any atom is 0.0652 e. The third-order valence-electron chi connectivity index (χ3n) is 1.70. The molecular weight excluding hydrogens is 147 g/mol. The summed E-state index contributed by atoms with van der Waals surface area (Å²) in [6.45, 7) is 3.58. The lowest BCUT2D eigenvalue weighted by atomic mass is 10.2. The zero-order valence-corrected chi connectivity index (χ0v) is 7.33. The second kappa shape index (κ2) is 3.95. The van der Waals surface area contributed by atoms with Crippen LogP contribution in [-0.4, -0.2) is 18.0 Å². The first-order valence-corrected chi connectivity index (χ1v) is 3.84. The molecule has 0 atom stereocenters. The van der Waals surface area contributed by atoms with E-state index in [4.69, 9.17) is 0 Å². The number of aromatic nitrogens is 2. The average Bonchev–Trinajstić information content (AvgIpc) is 2.57. The standard InChI is InChI=1S/C8H8N2.CH3B/c1-6-3-2-4-8-7(6)5-9-10-8;1-2/h2-5H,1H3,(H,9,10);1H3. The van der Waals surface area contributed by atoms with Crippen LogP contribution in [0.1, 0.15) is 5.56 Å². The van der Waals surface area contributed by atoms with Crippen molar-refractivity contribution in [2.24, 2.45) is 0 Å². The highest BCUT2D eigenvalue weighted by atomic mass is 15.1. The van der Waals surface area contributed by atoms with Crippen molar-refractivity contribution < 1.29 is 0 Å². The fraction of sp³-hybridized carbons (Fsp3) is 0.222.